The third-order valence-corrected chi connectivity index (χ3v) is 3.97. The predicted molar refractivity (Wildman–Crippen MR) is 80.5 cm³/mol. The zero-order valence-corrected chi connectivity index (χ0v) is 13.2. The van der Waals surface area contributed by atoms with Crippen molar-refractivity contribution in [3.05, 3.63) is 50.1 Å². The number of nitrogens with one attached hydrogen (secondary N) is 1. The van der Waals surface area contributed by atoms with Crippen LogP contribution in [0.4, 0.5) is 18.9 Å². The third kappa shape index (κ3) is 3.32. The highest BCUT2D eigenvalue weighted by molar-refractivity contribution is 7.11. The molecule has 0 radical (unpaired) electrons. The lowest BCUT2D eigenvalue weighted by molar-refractivity contribution is -0.141. The molecule has 0 aliphatic heterocycles. The number of halogens is 3. The van der Waals surface area contributed by atoms with Crippen molar-refractivity contribution in [1.82, 2.24) is 4.98 Å². The van der Waals surface area contributed by atoms with E-state index in [2.05, 4.69) is 4.74 Å². The number of amides is 1. The minimum atomic E-state index is -4.88. The summed E-state index contributed by atoms with van der Waals surface area (Å²) in [6.45, 7) is 0. The van der Waals surface area contributed by atoms with Gasteiger partial charge >= 0.3 is 17.0 Å². The summed E-state index contributed by atoms with van der Waals surface area (Å²) in [5.74, 6) is -1.81. The van der Waals surface area contributed by atoms with Crippen LogP contribution in [0.3, 0.4) is 0 Å². The molecule has 1 aromatic heterocycles. The topological polar surface area (TPSA) is 79.5 Å². The molecule has 0 saturated carbocycles. The molecular formula is C14H11F3N2O4S. The average Bonchev–Trinajstić information content (AvgIpc) is 2.95. The summed E-state index contributed by atoms with van der Waals surface area (Å²) in [7, 11) is 2.34. The van der Waals surface area contributed by atoms with E-state index >= 15 is 0 Å². The Balaban J connectivity index is 2.50. The Morgan fingerprint density at radius 1 is 1.25 bits per heavy atom. The van der Waals surface area contributed by atoms with Crippen LogP contribution < -0.4 is 9.77 Å². The lowest BCUT2D eigenvalue weighted by atomic mass is 10.1. The zero-order valence-electron chi connectivity index (χ0n) is 12.4. The molecule has 6 nitrogen and oxygen atoms in total. The number of hydrogen-bond donors (Lipinski definition) is 1. The van der Waals surface area contributed by atoms with Gasteiger partial charge in [-0.3, -0.25) is 9.59 Å². The molecule has 128 valence electrons. The van der Waals surface area contributed by atoms with Gasteiger partial charge in [-0.1, -0.05) is 23.5 Å². The summed E-state index contributed by atoms with van der Waals surface area (Å²) in [6.07, 6.45) is -4.88. The van der Waals surface area contributed by atoms with Gasteiger partial charge in [-0.15, -0.1) is 0 Å². The number of anilines is 1. The van der Waals surface area contributed by atoms with E-state index in [0.717, 1.165) is 12.0 Å². The summed E-state index contributed by atoms with van der Waals surface area (Å²) in [6, 6.07) is 5.78. The number of alkyl halides is 3. The number of esters is 1. The quantitative estimate of drug-likeness (QED) is 0.853. The number of hydrogen-bond acceptors (Lipinski definition) is 5. The monoisotopic (exact) mass is 360 g/mol. The normalized spacial score (nSPS) is 11.2. The van der Waals surface area contributed by atoms with E-state index in [0.29, 0.717) is 0 Å². The fourth-order valence-corrected chi connectivity index (χ4v) is 2.82. The maximum Gasteiger partial charge on any atom is 0.432 e. The van der Waals surface area contributed by atoms with Crippen molar-refractivity contribution in [2.75, 3.05) is 19.1 Å². The van der Waals surface area contributed by atoms with Gasteiger partial charge in [0.1, 0.15) is 10.6 Å². The van der Waals surface area contributed by atoms with Crippen molar-refractivity contribution in [3.63, 3.8) is 0 Å². The van der Waals surface area contributed by atoms with E-state index in [1.807, 2.05) is 0 Å². The van der Waals surface area contributed by atoms with Crippen LogP contribution >= 0.6 is 11.3 Å². The fraction of sp³-hybridized carbons (Fsp3) is 0.214. The molecule has 0 saturated heterocycles. The van der Waals surface area contributed by atoms with Crippen LogP contribution in [-0.2, 0) is 10.9 Å². The van der Waals surface area contributed by atoms with Crippen molar-refractivity contribution >= 4 is 28.9 Å². The van der Waals surface area contributed by atoms with Crippen LogP contribution in [0, 0.1) is 0 Å². The Labute approximate surface area is 137 Å². The third-order valence-electron chi connectivity index (χ3n) is 3.10. The Hall–Kier alpha value is -2.62. The molecule has 2 aromatic rings. The number of rotatable bonds is 3. The minimum absolute atomic E-state index is 0.00675. The van der Waals surface area contributed by atoms with E-state index in [1.54, 1.807) is 4.98 Å². The lowest BCUT2D eigenvalue weighted by Crippen LogP contribution is -2.29. The molecule has 0 atom stereocenters. The van der Waals surface area contributed by atoms with Gasteiger partial charge in [0.2, 0.25) is 0 Å². The SMILES string of the molecule is COC(=O)c1ccccc1N(C)C(=O)c1sc(=O)[nH]c1C(F)(F)F. The van der Waals surface area contributed by atoms with Gasteiger partial charge in [0.15, 0.2) is 0 Å². The first-order chi connectivity index (χ1) is 11.2. The number of benzene rings is 1. The predicted octanol–water partition coefficient (Wildman–Crippen LogP) is 2.52. The number of thiazole rings is 1. The highest BCUT2D eigenvalue weighted by Gasteiger charge is 2.39. The Bertz CT molecular complexity index is 841. The number of methoxy groups -OCH3 is 1. The number of para-hydroxylation sites is 1. The number of ether oxygens (including phenoxy) is 1. The maximum absolute atomic E-state index is 12.9. The van der Waals surface area contributed by atoms with Crippen molar-refractivity contribution < 1.29 is 27.5 Å². The zero-order chi connectivity index (χ0) is 18.1. The summed E-state index contributed by atoms with van der Waals surface area (Å²) in [5.41, 5.74) is -1.35. The van der Waals surface area contributed by atoms with E-state index in [9.17, 15) is 27.6 Å². The molecule has 0 fully saturated rings. The van der Waals surface area contributed by atoms with Crippen LogP contribution in [0.1, 0.15) is 25.7 Å². The number of nitrogens with zero attached hydrogens (tertiary/aromatic N) is 1. The van der Waals surface area contributed by atoms with E-state index in [4.69, 9.17) is 0 Å². The van der Waals surface area contributed by atoms with Crippen LogP contribution in [0.2, 0.25) is 0 Å². The standard InChI is InChI=1S/C14H11F3N2O4S/c1-19(8-6-4-3-5-7(8)12(21)23-2)11(20)9-10(14(15,16)17)18-13(22)24-9/h3-6H,1-2H3,(H,18,22). The highest BCUT2D eigenvalue weighted by Crippen LogP contribution is 2.33. The smallest absolute Gasteiger partial charge is 0.432 e. The van der Waals surface area contributed by atoms with Crippen molar-refractivity contribution in [2.24, 2.45) is 0 Å². The number of aromatic nitrogens is 1. The van der Waals surface area contributed by atoms with Gasteiger partial charge < -0.3 is 14.6 Å². The second-order valence-corrected chi connectivity index (χ2v) is 5.57. The molecule has 0 aliphatic carbocycles. The van der Waals surface area contributed by atoms with Gasteiger partial charge in [-0.25, -0.2) is 4.79 Å². The van der Waals surface area contributed by atoms with Gasteiger partial charge in [0, 0.05) is 7.05 Å². The highest BCUT2D eigenvalue weighted by atomic mass is 32.1. The number of aromatic amines is 1. The molecule has 0 bridgehead atoms. The Morgan fingerprint density at radius 3 is 2.46 bits per heavy atom. The minimum Gasteiger partial charge on any atom is -0.465 e. The number of carbonyl (C=O) groups is 2. The lowest BCUT2D eigenvalue weighted by Gasteiger charge is -2.19. The number of H-pyrrole nitrogens is 1. The second kappa shape index (κ2) is 6.48. The second-order valence-electron chi connectivity index (χ2n) is 4.59. The summed E-state index contributed by atoms with van der Waals surface area (Å²) in [5, 5.41) is 0. The fourth-order valence-electron chi connectivity index (χ4n) is 1.99. The van der Waals surface area contributed by atoms with Gasteiger partial charge in [-0.05, 0) is 12.1 Å². The van der Waals surface area contributed by atoms with Crippen LogP contribution in [-0.4, -0.2) is 31.0 Å². The first-order valence-corrected chi connectivity index (χ1v) is 7.24. The van der Waals surface area contributed by atoms with E-state index in [1.165, 1.54) is 31.3 Å². The molecule has 1 N–H and O–H groups in total. The summed E-state index contributed by atoms with van der Waals surface area (Å²) in [4.78, 5) is 36.1. The van der Waals surface area contributed by atoms with Gasteiger partial charge in [0.05, 0.1) is 18.4 Å². The summed E-state index contributed by atoms with van der Waals surface area (Å²) >= 11 is 0.154. The first kappa shape index (κ1) is 17.7. The van der Waals surface area contributed by atoms with Crippen LogP contribution in [0.25, 0.3) is 0 Å². The van der Waals surface area contributed by atoms with Gasteiger partial charge in [0.25, 0.3) is 5.91 Å². The van der Waals surface area contributed by atoms with E-state index in [-0.39, 0.29) is 22.6 Å². The molecule has 24 heavy (non-hydrogen) atoms. The molecule has 0 spiro atoms. The van der Waals surface area contributed by atoms with Crippen molar-refractivity contribution in [1.29, 1.82) is 0 Å². The molecule has 0 aliphatic rings. The molecule has 10 heteroatoms. The average molecular weight is 360 g/mol. The molecular weight excluding hydrogens is 349 g/mol. The van der Waals surface area contributed by atoms with Crippen LogP contribution in [0.15, 0.2) is 29.1 Å². The molecule has 0 unspecified atom stereocenters. The first-order valence-electron chi connectivity index (χ1n) is 6.42. The Morgan fingerprint density at radius 2 is 1.88 bits per heavy atom. The Kier molecular flexibility index (Phi) is 4.78. The molecule has 2 rings (SSSR count). The van der Waals surface area contributed by atoms with Crippen molar-refractivity contribution in [2.45, 2.75) is 6.18 Å². The largest absolute Gasteiger partial charge is 0.465 e. The maximum atomic E-state index is 12.9. The molecule has 1 amide bonds. The van der Waals surface area contributed by atoms with E-state index < -0.39 is 33.5 Å². The molecule has 1 aromatic carbocycles. The van der Waals surface area contributed by atoms with Crippen LogP contribution in [0.5, 0.6) is 0 Å². The van der Waals surface area contributed by atoms with Crippen molar-refractivity contribution in [3.8, 4) is 0 Å². The summed E-state index contributed by atoms with van der Waals surface area (Å²) < 4.78 is 43.4. The molecule has 1 heterocycles. The van der Waals surface area contributed by atoms with Gasteiger partial charge in [-0.2, -0.15) is 13.2 Å². The number of carbonyl (C=O) groups excluding carboxylic acids is 2.